The van der Waals surface area contributed by atoms with Crippen LogP contribution < -0.4 is 10.4 Å². The summed E-state index contributed by atoms with van der Waals surface area (Å²) in [6, 6.07) is 21.9. The Morgan fingerprint density at radius 2 is 1.52 bits per heavy atom. The fraction of sp³-hybridized carbons (Fsp3) is 0.538. The Morgan fingerprint density at radius 3 is 1.93 bits per heavy atom. The molecule has 0 aromatic heterocycles. The molecule has 0 aliphatic carbocycles. The Hall–Kier alpha value is -1.42. The van der Waals surface area contributed by atoms with E-state index < -0.39 is 8.32 Å². The average molecular weight is 411 g/mol. The number of hydrogen-bond acceptors (Lipinski definition) is 2. The van der Waals surface area contributed by atoms with Crippen molar-refractivity contribution >= 4 is 18.7 Å². The predicted molar refractivity (Wildman–Crippen MR) is 125 cm³/mol. The van der Waals surface area contributed by atoms with E-state index in [1.54, 1.807) is 0 Å². The molecule has 2 nitrogen and oxygen atoms in total. The number of hydrogen-bond donors (Lipinski definition) is 0. The topological polar surface area (TPSA) is 18.5 Å². The van der Waals surface area contributed by atoms with Gasteiger partial charge in [-0.2, -0.15) is 0 Å². The number of rotatable bonds is 7. The Bertz CT molecular complexity index is 691. The first-order valence-electron chi connectivity index (χ1n) is 11.2. The molecular weight excluding hydrogens is 372 g/mol. The van der Waals surface area contributed by atoms with E-state index in [9.17, 15) is 0 Å². The molecule has 0 bridgehead atoms. The molecule has 29 heavy (non-hydrogen) atoms. The molecule has 1 saturated heterocycles. The highest BCUT2D eigenvalue weighted by molar-refractivity contribution is 6.99. The summed E-state index contributed by atoms with van der Waals surface area (Å²) in [6.45, 7) is 13.3. The van der Waals surface area contributed by atoms with Crippen LogP contribution in [0, 0.1) is 11.8 Å². The first-order valence-corrected chi connectivity index (χ1v) is 13.2. The number of ether oxygens (including phenoxy) is 1. The van der Waals surface area contributed by atoms with Gasteiger partial charge in [-0.1, -0.05) is 95.3 Å². The Labute approximate surface area is 178 Å². The third-order valence-electron chi connectivity index (χ3n) is 6.52. The quantitative estimate of drug-likeness (QED) is 0.569. The fourth-order valence-electron chi connectivity index (χ4n) is 4.76. The summed E-state index contributed by atoms with van der Waals surface area (Å²) in [4.78, 5) is 0. The molecule has 2 aromatic carbocycles. The summed E-state index contributed by atoms with van der Waals surface area (Å²) in [5.74, 6) is 1.13. The zero-order valence-corrected chi connectivity index (χ0v) is 19.9. The van der Waals surface area contributed by atoms with E-state index >= 15 is 0 Å². The highest BCUT2D eigenvalue weighted by Crippen LogP contribution is 2.37. The predicted octanol–water partition coefficient (Wildman–Crippen LogP) is 5.40. The van der Waals surface area contributed by atoms with Crippen LogP contribution in [-0.4, -0.2) is 27.6 Å². The normalized spacial score (nSPS) is 21.7. The van der Waals surface area contributed by atoms with E-state index in [-0.39, 0.29) is 5.04 Å². The lowest BCUT2D eigenvalue weighted by atomic mass is 9.91. The zero-order valence-electron chi connectivity index (χ0n) is 18.9. The molecule has 0 saturated carbocycles. The molecule has 0 N–H and O–H groups in total. The summed E-state index contributed by atoms with van der Waals surface area (Å²) < 4.78 is 13.4. The van der Waals surface area contributed by atoms with Gasteiger partial charge in [0.15, 0.2) is 0 Å². The van der Waals surface area contributed by atoms with Gasteiger partial charge in [-0.25, -0.2) is 0 Å². The molecule has 0 unspecified atom stereocenters. The lowest BCUT2D eigenvalue weighted by Gasteiger charge is -2.44. The minimum Gasteiger partial charge on any atom is -0.407 e. The van der Waals surface area contributed by atoms with Gasteiger partial charge in [-0.05, 0) is 40.6 Å². The van der Waals surface area contributed by atoms with Crippen LogP contribution in [0.1, 0.15) is 53.9 Å². The fourth-order valence-corrected chi connectivity index (χ4v) is 9.38. The molecule has 3 rings (SSSR count). The number of benzene rings is 2. The minimum atomic E-state index is -2.46. The van der Waals surface area contributed by atoms with Crippen LogP contribution >= 0.6 is 0 Å². The summed E-state index contributed by atoms with van der Waals surface area (Å²) in [5.41, 5.74) is 0. The third kappa shape index (κ3) is 4.84. The van der Waals surface area contributed by atoms with Gasteiger partial charge in [-0.15, -0.1) is 0 Å². The second-order valence-corrected chi connectivity index (χ2v) is 14.0. The van der Waals surface area contributed by atoms with Crippen molar-refractivity contribution in [1.82, 2.24) is 0 Å². The van der Waals surface area contributed by atoms with Crippen molar-refractivity contribution in [2.45, 2.75) is 65.0 Å². The van der Waals surface area contributed by atoms with Crippen molar-refractivity contribution in [3.63, 3.8) is 0 Å². The van der Waals surface area contributed by atoms with Gasteiger partial charge in [-0.3, -0.25) is 0 Å². The van der Waals surface area contributed by atoms with Gasteiger partial charge in [0.2, 0.25) is 0 Å². The van der Waals surface area contributed by atoms with Gasteiger partial charge in [0.1, 0.15) is 0 Å². The molecule has 3 atom stereocenters. The van der Waals surface area contributed by atoms with Crippen LogP contribution in [0.3, 0.4) is 0 Å². The van der Waals surface area contributed by atoms with Gasteiger partial charge in [0, 0.05) is 19.1 Å². The summed E-state index contributed by atoms with van der Waals surface area (Å²) in [5, 5.41) is 2.73. The van der Waals surface area contributed by atoms with Gasteiger partial charge < -0.3 is 9.16 Å². The SMILES string of the molecule is CC[C@@H](CO[Si](c1ccccc1)(c1ccccc1)C(C)(C)C)[C@H]1CC[C@H](C)CO1. The third-order valence-corrected chi connectivity index (χ3v) is 11.5. The first kappa shape index (κ1) is 22.3. The maximum atomic E-state index is 7.16. The van der Waals surface area contributed by atoms with Crippen LogP contribution in [-0.2, 0) is 9.16 Å². The van der Waals surface area contributed by atoms with Crippen molar-refractivity contribution in [3.8, 4) is 0 Å². The van der Waals surface area contributed by atoms with Crippen molar-refractivity contribution in [1.29, 1.82) is 0 Å². The second-order valence-electron chi connectivity index (χ2n) is 9.70. The van der Waals surface area contributed by atoms with Crippen LogP contribution in [0.4, 0.5) is 0 Å². The van der Waals surface area contributed by atoms with Crippen LogP contribution in [0.25, 0.3) is 0 Å². The summed E-state index contributed by atoms with van der Waals surface area (Å²) in [7, 11) is -2.46. The average Bonchev–Trinajstić information content (AvgIpc) is 2.73. The lowest BCUT2D eigenvalue weighted by molar-refractivity contribution is -0.0544. The maximum absolute atomic E-state index is 7.16. The molecular formula is C26H38O2Si. The second kappa shape index (κ2) is 9.59. The molecule has 158 valence electrons. The molecule has 0 radical (unpaired) electrons. The molecule has 1 aliphatic heterocycles. The van der Waals surface area contributed by atoms with Crippen LogP contribution in [0.2, 0.25) is 5.04 Å². The van der Waals surface area contributed by atoms with E-state index in [0.29, 0.717) is 17.9 Å². The van der Waals surface area contributed by atoms with E-state index in [2.05, 4.69) is 95.3 Å². The molecule has 1 aliphatic rings. The smallest absolute Gasteiger partial charge is 0.261 e. The molecule has 0 amide bonds. The molecule has 2 aromatic rings. The van der Waals surface area contributed by atoms with E-state index in [1.807, 2.05) is 0 Å². The van der Waals surface area contributed by atoms with Crippen molar-refractivity contribution in [2.24, 2.45) is 11.8 Å². The van der Waals surface area contributed by atoms with Crippen LogP contribution in [0.15, 0.2) is 60.7 Å². The standard InChI is InChI=1S/C26H38O2Si/c1-6-22(25-18-17-21(2)19-27-25)20-28-29(26(3,4)5,23-13-9-7-10-14-23)24-15-11-8-12-16-24/h7-16,21-22,25H,6,17-20H2,1-5H3/t21-,22-,25+/m0/s1. The van der Waals surface area contributed by atoms with Crippen molar-refractivity contribution in [3.05, 3.63) is 60.7 Å². The highest BCUT2D eigenvalue weighted by Gasteiger charge is 2.50. The monoisotopic (exact) mass is 410 g/mol. The van der Waals surface area contributed by atoms with E-state index in [4.69, 9.17) is 9.16 Å². The molecule has 1 heterocycles. The minimum absolute atomic E-state index is 0.0237. The van der Waals surface area contributed by atoms with Gasteiger partial charge in [0.05, 0.1) is 6.10 Å². The van der Waals surface area contributed by atoms with Gasteiger partial charge in [0.25, 0.3) is 8.32 Å². The Balaban J connectivity index is 1.95. The van der Waals surface area contributed by atoms with E-state index in [1.165, 1.54) is 16.8 Å². The molecule has 3 heteroatoms. The van der Waals surface area contributed by atoms with Gasteiger partial charge >= 0.3 is 0 Å². The largest absolute Gasteiger partial charge is 0.407 e. The summed E-state index contributed by atoms with van der Waals surface area (Å²) >= 11 is 0. The molecule has 0 spiro atoms. The highest BCUT2D eigenvalue weighted by atomic mass is 28.4. The van der Waals surface area contributed by atoms with Crippen molar-refractivity contribution < 1.29 is 9.16 Å². The van der Waals surface area contributed by atoms with Crippen molar-refractivity contribution in [2.75, 3.05) is 13.2 Å². The lowest BCUT2D eigenvalue weighted by Crippen LogP contribution is -2.67. The first-order chi connectivity index (χ1) is 13.9. The summed E-state index contributed by atoms with van der Waals surface area (Å²) in [6.07, 6.45) is 3.84. The van der Waals surface area contributed by atoms with E-state index in [0.717, 1.165) is 26.1 Å². The van der Waals surface area contributed by atoms with Crippen LogP contribution in [0.5, 0.6) is 0 Å². The Kier molecular flexibility index (Phi) is 7.36. The maximum Gasteiger partial charge on any atom is 0.261 e. The zero-order chi connectivity index (χ0) is 20.9. The Morgan fingerprint density at radius 1 is 0.966 bits per heavy atom. The molecule has 1 fully saturated rings.